The molecule has 2 heterocycles. The number of aromatic hydroxyl groups is 1. The Morgan fingerprint density at radius 2 is 2.00 bits per heavy atom. The molecule has 0 radical (unpaired) electrons. The fourth-order valence-electron chi connectivity index (χ4n) is 3.02. The lowest BCUT2D eigenvalue weighted by molar-refractivity contribution is -0.139. The molecule has 0 aliphatic carbocycles. The summed E-state index contributed by atoms with van der Waals surface area (Å²) in [6.07, 6.45) is 0.0787. The first-order chi connectivity index (χ1) is 13.6. The van der Waals surface area contributed by atoms with Crippen molar-refractivity contribution in [3.8, 4) is 11.5 Å². The molecule has 3 aromatic rings. The molecule has 1 aromatic carbocycles. The van der Waals surface area contributed by atoms with E-state index >= 15 is 0 Å². The fraction of sp³-hybridized carbons (Fsp3) is 0.333. The number of fused-ring (bicyclic) bond motifs is 1. The molecule has 0 unspecified atom stereocenters. The molecule has 0 saturated heterocycles. The Balaban J connectivity index is 1.84. The molecule has 5 nitrogen and oxygen atoms in total. The van der Waals surface area contributed by atoms with Crippen LogP contribution in [0.4, 0.5) is 8.78 Å². The Hall–Kier alpha value is -2.74. The maximum absolute atomic E-state index is 13.4. The van der Waals surface area contributed by atoms with Crippen LogP contribution in [-0.2, 0) is 28.5 Å². The molecule has 0 fully saturated rings. The molecule has 3 rings (SSSR count). The molecule has 29 heavy (non-hydrogen) atoms. The summed E-state index contributed by atoms with van der Waals surface area (Å²) in [6, 6.07) is 6.11. The third-order valence-corrected chi connectivity index (χ3v) is 5.73. The van der Waals surface area contributed by atoms with Crippen LogP contribution in [0.15, 0.2) is 24.3 Å². The molecule has 0 atom stereocenters. The van der Waals surface area contributed by atoms with Crippen LogP contribution >= 0.6 is 11.3 Å². The van der Waals surface area contributed by atoms with Gasteiger partial charge in [0.05, 0.1) is 13.5 Å². The maximum Gasteiger partial charge on any atom is 0.310 e. The number of esters is 1. The number of carbonyl (C=O) groups excluding carboxylic acids is 1. The van der Waals surface area contributed by atoms with E-state index in [9.17, 15) is 18.7 Å². The third-order valence-electron chi connectivity index (χ3n) is 4.63. The molecule has 0 aliphatic rings. The highest BCUT2D eigenvalue weighted by Gasteiger charge is 2.26. The average molecular weight is 421 g/mol. The highest BCUT2D eigenvalue weighted by atomic mass is 32.1. The molecule has 0 saturated carbocycles. The number of methoxy groups -OCH3 is 1. The van der Waals surface area contributed by atoms with Crippen LogP contribution in [0.25, 0.3) is 10.1 Å². The van der Waals surface area contributed by atoms with Gasteiger partial charge in [-0.1, -0.05) is 6.07 Å². The van der Waals surface area contributed by atoms with Gasteiger partial charge in [-0.15, -0.1) is 11.3 Å². The highest BCUT2D eigenvalue weighted by molar-refractivity contribution is 7.19. The fourth-order valence-corrected chi connectivity index (χ4v) is 4.16. The van der Waals surface area contributed by atoms with Gasteiger partial charge in [0.1, 0.15) is 23.8 Å². The van der Waals surface area contributed by atoms with E-state index in [4.69, 9.17) is 9.47 Å². The van der Waals surface area contributed by atoms with Gasteiger partial charge in [0.25, 0.3) is 5.92 Å². The molecule has 0 amide bonds. The number of rotatable bonds is 6. The van der Waals surface area contributed by atoms with Gasteiger partial charge in [-0.05, 0) is 31.5 Å². The van der Waals surface area contributed by atoms with Crippen molar-refractivity contribution in [1.29, 1.82) is 0 Å². The minimum atomic E-state index is -3.00. The van der Waals surface area contributed by atoms with Crippen molar-refractivity contribution in [2.75, 3.05) is 7.11 Å². The van der Waals surface area contributed by atoms with Gasteiger partial charge in [0, 0.05) is 39.2 Å². The third kappa shape index (κ3) is 4.48. The van der Waals surface area contributed by atoms with E-state index in [1.54, 1.807) is 19.1 Å². The van der Waals surface area contributed by atoms with E-state index < -0.39 is 5.92 Å². The quantitative estimate of drug-likeness (QED) is 0.566. The number of aromatic nitrogens is 1. The number of phenolic OH excluding ortho intramolecular Hbond substituents is 1. The normalized spacial score (nSPS) is 11.7. The van der Waals surface area contributed by atoms with E-state index in [0.29, 0.717) is 22.4 Å². The van der Waals surface area contributed by atoms with Crippen LogP contribution in [0.3, 0.4) is 0 Å². The topological polar surface area (TPSA) is 68.7 Å². The zero-order valence-electron chi connectivity index (χ0n) is 16.5. The molecular weight excluding hydrogens is 400 g/mol. The number of hydrogen-bond donors (Lipinski definition) is 1. The predicted molar refractivity (Wildman–Crippen MR) is 107 cm³/mol. The van der Waals surface area contributed by atoms with Crippen molar-refractivity contribution in [2.24, 2.45) is 0 Å². The number of phenols is 1. The zero-order chi connectivity index (χ0) is 21.3. The molecule has 0 spiro atoms. The average Bonchev–Trinajstić information content (AvgIpc) is 2.95. The van der Waals surface area contributed by atoms with E-state index in [1.807, 2.05) is 6.92 Å². The number of ether oxygens (including phenoxy) is 2. The molecule has 8 heteroatoms. The standard InChI is InChI=1S/C21H21F2NO4S/c1-11-13(5-6-18(24-11)21(3,22)23)10-28-14-7-16(25)20-15(9-19(26)27-4)12(2)29-17(20)8-14/h5-8,25H,9-10H2,1-4H3. The largest absolute Gasteiger partial charge is 0.507 e. The van der Waals surface area contributed by atoms with E-state index in [-0.39, 0.29) is 30.4 Å². The summed E-state index contributed by atoms with van der Waals surface area (Å²) >= 11 is 1.45. The number of aryl methyl sites for hydroxylation is 2. The van der Waals surface area contributed by atoms with Gasteiger partial charge in [-0.25, -0.2) is 0 Å². The molecule has 0 aliphatic heterocycles. The van der Waals surface area contributed by atoms with Gasteiger partial charge in [-0.3, -0.25) is 9.78 Å². The number of carbonyl (C=O) groups is 1. The van der Waals surface area contributed by atoms with Crippen molar-refractivity contribution in [3.05, 3.63) is 51.7 Å². The van der Waals surface area contributed by atoms with E-state index in [0.717, 1.165) is 22.1 Å². The lowest BCUT2D eigenvalue weighted by Crippen LogP contribution is -2.11. The molecule has 2 aromatic heterocycles. The summed E-state index contributed by atoms with van der Waals surface area (Å²) < 4.78 is 38.1. The Bertz CT molecular complexity index is 1070. The second-order valence-corrected chi connectivity index (χ2v) is 8.08. The monoisotopic (exact) mass is 421 g/mol. The van der Waals surface area contributed by atoms with Crippen molar-refractivity contribution in [1.82, 2.24) is 4.98 Å². The van der Waals surface area contributed by atoms with Crippen molar-refractivity contribution >= 4 is 27.4 Å². The first kappa shape index (κ1) is 21.0. The molecular formula is C21H21F2NO4S. The van der Waals surface area contributed by atoms with Gasteiger partial charge in [-0.2, -0.15) is 8.78 Å². The van der Waals surface area contributed by atoms with Crippen molar-refractivity contribution in [2.45, 2.75) is 39.7 Å². The smallest absolute Gasteiger partial charge is 0.310 e. The number of nitrogens with zero attached hydrogens (tertiary/aromatic N) is 1. The Morgan fingerprint density at radius 3 is 2.62 bits per heavy atom. The second kappa shape index (κ2) is 7.94. The summed E-state index contributed by atoms with van der Waals surface area (Å²) in [7, 11) is 1.32. The van der Waals surface area contributed by atoms with Crippen LogP contribution in [0.5, 0.6) is 11.5 Å². The predicted octanol–water partition coefficient (Wildman–Crippen LogP) is 5.02. The van der Waals surface area contributed by atoms with Gasteiger partial charge < -0.3 is 14.6 Å². The lowest BCUT2D eigenvalue weighted by Gasteiger charge is -2.13. The van der Waals surface area contributed by atoms with Crippen molar-refractivity contribution < 1.29 is 28.2 Å². The number of halogens is 2. The summed E-state index contributed by atoms with van der Waals surface area (Å²) in [5.74, 6) is -2.93. The number of thiophene rings is 1. The van der Waals surface area contributed by atoms with Crippen LogP contribution < -0.4 is 4.74 Å². The zero-order valence-corrected chi connectivity index (χ0v) is 17.3. The summed E-state index contributed by atoms with van der Waals surface area (Å²) in [5.41, 5.74) is 1.58. The Morgan fingerprint density at radius 1 is 1.28 bits per heavy atom. The number of hydrogen-bond acceptors (Lipinski definition) is 6. The van der Waals surface area contributed by atoms with Gasteiger partial charge in [0.15, 0.2) is 0 Å². The van der Waals surface area contributed by atoms with E-state index in [1.165, 1.54) is 30.6 Å². The molecule has 154 valence electrons. The maximum atomic E-state index is 13.4. The summed E-state index contributed by atoms with van der Waals surface area (Å²) in [4.78, 5) is 16.5. The summed E-state index contributed by atoms with van der Waals surface area (Å²) in [5, 5.41) is 11.1. The minimum absolute atomic E-state index is 0.0107. The van der Waals surface area contributed by atoms with Gasteiger partial charge in [0.2, 0.25) is 0 Å². The molecule has 0 bridgehead atoms. The highest BCUT2D eigenvalue weighted by Crippen LogP contribution is 2.40. The summed E-state index contributed by atoms with van der Waals surface area (Å²) in [6.45, 7) is 4.46. The first-order valence-corrected chi connectivity index (χ1v) is 9.71. The lowest BCUT2D eigenvalue weighted by atomic mass is 10.1. The number of pyridine rings is 1. The minimum Gasteiger partial charge on any atom is -0.507 e. The van der Waals surface area contributed by atoms with Crippen molar-refractivity contribution in [3.63, 3.8) is 0 Å². The SMILES string of the molecule is COC(=O)Cc1c(C)sc2cc(OCc3ccc(C(C)(F)F)nc3C)cc(O)c12. The molecule has 1 N–H and O–H groups in total. The number of alkyl halides is 2. The second-order valence-electron chi connectivity index (χ2n) is 6.82. The number of benzene rings is 1. The first-order valence-electron chi connectivity index (χ1n) is 8.89. The Labute approximate surface area is 170 Å². The van der Waals surface area contributed by atoms with Crippen LogP contribution in [0, 0.1) is 13.8 Å². The van der Waals surface area contributed by atoms with Crippen LogP contribution in [-0.4, -0.2) is 23.2 Å². The van der Waals surface area contributed by atoms with E-state index in [2.05, 4.69) is 4.98 Å². The van der Waals surface area contributed by atoms with Gasteiger partial charge >= 0.3 is 5.97 Å². The Kier molecular flexibility index (Phi) is 5.75. The van der Waals surface area contributed by atoms with Crippen LogP contribution in [0.1, 0.15) is 34.3 Å². The van der Waals surface area contributed by atoms with Crippen LogP contribution in [0.2, 0.25) is 0 Å².